The van der Waals surface area contributed by atoms with E-state index in [1.54, 1.807) is 0 Å². The van der Waals surface area contributed by atoms with E-state index in [0.717, 1.165) is 12.5 Å². The third-order valence-corrected chi connectivity index (χ3v) is 3.07. The monoisotopic (exact) mass is 179 g/mol. The van der Waals surface area contributed by atoms with Crippen LogP contribution in [-0.2, 0) is 0 Å². The van der Waals surface area contributed by atoms with Crippen LogP contribution in [0.25, 0.3) is 0 Å². The van der Waals surface area contributed by atoms with Crippen molar-refractivity contribution in [2.75, 3.05) is 6.54 Å². The van der Waals surface area contributed by atoms with Crippen LogP contribution < -0.4 is 0 Å². The molecule has 1 aliphatic rings. The Kier molecular flexibility index (Phi) is 4.20. The highest BCUT2D eigenvalue weighted by Crippen LogP contribution is 2.28. The molecule has 2 unspecified atom stereocenters. The molecule has 0 amide bonds. The van der Waals surface area contributed by atoms with Crippen LogP contribution in [-0.4, -0.2) is 12.3 Å². The second-order valence-corrected chi connectivity index (χ2v) is 4.07. The van der Waals surface area contributed by atoms with E-state index in [1.807, 2.05) is 6.08 Å². The molecule has 1 fully saturated rings. The van der Waals surface area contributed by atoms with Crippen LogP contribution in [0.4, 0.5) is 0 Å². The highest BCUT2D eigenvalue weighted by Gasteiger charge is 2.21. The van der Waals surface area contributed by atoms with Crippen LogP contribution in [0.3, 0.4) is 0 Å². The maximum Gasteiger partial charge on any atom is 0.0567 e. The minimum atomic E-state index is 0.707. The first-order valence-electron chi connectivity index (χ1n) is 5.42. The van der Waals surface area contributed by atoms with Gasteiger partial charge in [0, 0.05) is 5.71 Å². The van der Waals surface area contributed by atoms with E-state index >= 15 is 0 Å². The Balaban J connectivity index is 2.47. The molecule has 0 aromatic heterocycles. The average Bonchev–Trinajstić information content (AvgIpc) is 2.16. The molecule has 0 saturated heterocycles. The summed E-state index contributed by atoms with van der Waals surface area (Å²) in [5, 5.41) is 0. The molecule has 0 N–H and O–H groups in total. The molecule has 1 saturated carbocycles. The van der Waals surface area contributed by atoms with Crippen molar-refractivity contribution in [3.8, 4) is 0 Å². The zero-order chi connectivity index (χ0) is 9.68. The summed E-state index contributed by atoms with van der Waals surface area (Å²) in [7, 11) is 0. The fourth-order valence-corrected chi connectivity index (χ4v) is 2.14. The Morgan fingerprint density at radius 3 is 2.92 bits per heavy atom. The lowest BCUT2D eigenvalue weighted by Crippen LogP contribution is -2.22. The van der Waals surface area contributed by atoms with Gasteiger partial charge in [-0.2, -0.15) is 0 Å². The van der Waals surface area contributed by atoms with Crippen molar-refractivity contribution in [2.45, 2.75) is 39.5 Å². The molecule has 0 aliphatic heterocycles. The van der Waals surface area contributed by atoms with Crippen LogP contribution in [0.2, 0.25) is 0 Å². The Morgan fingerprint density at radius 1 is 1.62 bits per heavy atom. The van der Waals surface area contributed by atoms with Gasteiger partial charge in [0.05, 0.1) is 6.54 Å². The second-order valence-electron chi connectivity index (χ2n) is 4.07. The lowest BCUT2D eigenvalue weighted by atomic mass is 9.80. The molecule has 1 heteroatoms. The summed E-state index contributed by atoms with van der Waals surface area (Å²) in [6.07, 6.45) is 7.11. The lowest BCUT2D eigenvalue weighted by Gasteiger charge is -2.27. The molecule has 0 bridgehead atoms. The largest absolute Gasteiger partial charge is 0.290 e. The smallest absolute Gasteiger partial charge is 0.0567 e. The van der Waals surface area contributed by atoms with Gasteiger partial charge in [-0.15, -0.1) is 6.58 Å². The fraction of sp³-hybridized carbons (Fsp3) is 0.750. The van der Waals surface area contributed by atoms with Crippen molar-refractivity contribution in [1.82, 2.24) is 0 Å². The maximum atomic E-state index is 4.55. The van der Waals surface area contributed by atoms with Crippen molar-refractivity contribution in [2.24, 2.45) is 16.8 Å². The van der Waals surface area contributed by atoms with Crippen molar-refractivity contribution >= 4 is 5.71 Å². The molecule has 0 radical (unpaired) electrons. The molecule has 0 heterocycles. The third kappa shape index (κ3) is 2.98. The number of aliphatic imine (C=N–C) groups is 1. The molecule has 74 valence electrons. The normalized spacial score (nSPS) is 32.0. The number of nitrogens with zero attached hydrogens (tertiary/aromatic N) is 1. The minimum Gasteiger partial charge on any atom is -0.290 e. The van der Waals surface area contributed by atoms with Gasteiger partial charge in [-0.1, -0.05) is 26.3 Å². The van der Waals surface area contributed by atoms with Crippen molar-refractivity contribution in [3.63, 3.8) is 0 Å². The zero-order valence-electron chi connectivity index (χ0n) is 8.92. The van der Waals surface area contributed by atoms with Gasteiger partial charge in [-0.25, -0.2) is 0 Å². The first kappa shape index (κ1) is 10.5. The molecule has 1 aliphatic carbocycles. The predicted molar refractivity (Wildman–Crippen MR) is 59.3 cm³/mol. The van der Waals surface area contributed by atoms with E-state index in [9.17, 15) is 0 Å². The highest BCUT2D eigenvalue weighted by molar-refractivity contribution is 5.87. The third-order valence-electron chi connectivity index (χ3n) is 3.07. The van der Waals surface area contributed by atoms with E-state index < -0.39 is 0 Å². The Labute approximate surface area is 82.0 Å². The summed E-state index contributed by atoms with van der Waals surface area (Å²) in [5.74, 6) is 1.65. The molecular formula is C12H21N. The summed E-state index contributed by atoms with van der Waals surface area (Å²) in [4.78, 5) is 4.55. The van der Waals surface area contributed by atoms with Crippen molar-refractivity contribution < 1.29 is 0 Å². The average molecular weight is 179 g/mol. The highest BCUT2D eigenvalue weighted by atomic mass is 14.7. The van der Waals surface area contributed by atoms with Gasteiger partial charge < -0.3 is 0 Å². The summed E-state index contributed by atoms with van der Waals surface area (Å²) >= 11 is 0. The van der Waals surface area contributed by atoms with Gasteiger partial charge in [0.25, 0.3) is 0 Å². The van der Waals surface area contributed by atoms with Gasteiger partial charge in [-0.3, -0.25) is 4.99 Å². The quantitative estimate of drug-likeness (QED) is 0.588. The van der Waals surface area contributed by atoms with Crippen LogP contribution in [0.15, 0.2) is 17.6 Å². The summed E-state index contributed by atoms with van der Waals surface area (Å²) in [5.41, 5.74) is 1.42. The Bertz CT molecular complexity index is 193. The second kappa shape index (κ2) is 5.21. The molecule has 1 rings (SSSR count). The lowest BCUT2D eigenvalue weighted by molar-refractivity contribution is 0.379. The Hall–Kier alpha value is -0.590. The van der Waals surface area contributed by atoms with E-state index in [2.05, 4.69) is 25.4 Å². The standard InChI is InChI=1S/C12H21N/c1-4-8-13-12-7-6-11(5-2)9-10(12)3/h4,10-11H,1,5-9H2,2-3H3. The summed E-state index contributed by atoms with van der Waals surface area (Å²) in [6.45, 7) is 9.10. The number of hydrogen-bond acceptors (Lipinski definition) is 1. The summed E-state index contributed by atoms with van der Waals surface area (Å²) in [6, 6.07) is 0. The fourth-order valence-electron chi connectivity index (χ4n) is 2.14. The molecule has 0 spiro atoms. The molecule has 2 atom stereocenters. The van der Waals surface area contributed by atoms with Gasteiger partial charge in [0.2, 0.25) is 0 Å². The molecule has 1 nitrogen and oxygen atoms in total. The van der Waals surface area contributed by atoms with E-state index in [-0.39, 0.29) is 0 Å². The number of hydrogen-bond donors (Lipinski definition) is 0. The van der Waals surface area contributed by atoms with Crippen LogP contribution in [0.5, 0.6) is 0 Å². The first-order valence-corrected chi connectivity index (χ1v) is 5.42. The van der Waals surface area contributed by atoms with Crippen LogP contribution in [0, 0.1) is 11.8 Å². The predicted octanol–water partition coefficient (Wildman–Crippen LogP) is 3.46. The van der Waals surface area contributed by atoms with Crippen molar-refractivity contribution in [1.29, 1.82) is 0 Å². The maximum absolute atomic E-state index is 4.55. The van der Waals surface area contributed by atoms with E-state index in [4.69, 9.17) is 0 Å². The Morgan fingerprint density at radius 2 is 2.38 bits per heavy atom. The van der Waals surface area contributed by atoms with Crippen molar-refractivity contribution in [3.05, 3.63) is 12.7 Å². The minimum absolute atomic E-state index is 0.707. The molecule has 13 heavy (non-hydrogen) atoms. The van der Waals surface area contributed by atoms with Gasteiger partial charge >= 0.3 is 0 Å². The van der Waals surface area contributed by atoms with E-state index in [1.165, 1.54) is 31.4 Å². The van der Waals surface area contributed by atoms with Gasteiger partial charge in [-0.05, 0) is 31.1 Å². The van der Waals surface area contributed by atoms with Crippen LogP contribution >= 0.6 is 0 Å². The number of rotatable bonds is 3. The topological polar surface area (TPSA) is 12.4 Å². The molecular weight excluding hydrogens is 158 g/mol. The van der Waals surface area contributed by atoms with Crippen LogP contribution in [0.1, 0.15) is 39.5 Å². The molecule has 0 aromatic carbocycles. The first-order chi connectivity index (χ1) is 6.27. The zero-order valence-corrected chi connectivity index (χ0v) is 8.92. The SMILES string of the molecule is C=CCN=C1CCC(CC)CC1C. The van der Waals surface area contributed by atoms with Gasteiger partial charge in [0.15, 0.2) is 0 Å². The molecule has 0 aromatic rings. The summed E-state index contributed by atoms with van der Waals surface area (Å²) < 4.78 is 0. The van der Waals surface area contributed by atoms with E-state index in [0.29, 0.717) is 5.92 Å². The van der Waals surface area contributed by atoms with Gasteiger partial charge in [0.1, 0.15) is 0 Å².